The first-order valence-corrected chi connectivity index (χ1v) is 9.69. The van der Waals surface area contributed by atoms with Crippen molar-refractivity contribution < 1.29 is 9.53 Å². The fourth-order valence-corrected chi connectivity index (χ4v) is 4.51. The zero-order valence-corrected chi connectivity index (χ0v) is 15.6. The molecule has 0 saturated carbocycles. The highest BCUT2D eigenvalue weighted by Crippen LogP contribution is 2.35. The number of rotatable bonds is 6. The predicted molar refractivity (Wildman–Crippen MR) is 102 cm³/mol. The number of hydrogen-bond donors (Lipinski definition) is 1. The number of nitrogens with one attached hydrogen (secondary N) is 1. The number of carbonyl (C=O) groups excluding carboxylic acids is 1. The molecule has 0 atom stereocenters. The minimum absolute atomic E-state index is 0.122. The number of H-pyrrole nitrogens is 1. The summed E-state index contributed by atoms with van der Waals surface area (Å²) in [5.74, 6) is 0.471. The Kier molecular flexibility index (Phi) is 5.55. The fraction of sp³-hybridized carbons (Fsp3) is 0.278. The van der Waals surface area contributed by atoms with Crippen molar-refractivity contribution in [2.75, 3.05) is 12.9 Å². The second-order valence-corrected chi connectivity index (χ2v) is 7.77. The Balaban J connectivity index is 1.86. The summed E-state index contributed by atoms with van der Waals surface area (Å²) >= 11 is 2.98. The van der Waals surface area contributed by atoms with Crippen molar-refractivity contribution in [3.05, 3.63) is 45.6 Å². The van der Waals surface area contributed by atoms with Crippen LogP contribution in [0.15, 0.2) is 40.3 Å². The SMILES string of the molecule is COC(=O)CCCSc1nc2sc(C)c(-c3ccccc3)c2c(=O)[nH]1. The summed E-state index contributed by atoms with van der Waals surface area (Å²) in [4.78, 5) is 33.0. The van der Waals surface area contributed by atoms with E-state index in [0.717, 1.165) is 20.8 Å². The number of carbonyl (C=O) groups is 1. The van der Waals surface area contributed by atoms with E-state index in [1.54, 1.807) is 0 Å². The molecule has 0 spiro atoms. The van der Waals surface area contributed by atoms with Gasteiger partial charge in [-0.05, 0) is 18.9 Å². The average molecular weight is 374 g/mol. The molecule has 3 aromatic rings. The first-order chi connectivity index (χ1) is 12.1. The number of benzene rings is 1. The molecule has 130 valence electrons. The number of aryl methyl sites for hydroxylation is 1. The van der Waals surface area contributed by atoms with Gasteiger partial charge >= 0.3 is 5.97 Å². The molecular formula is C18H18N2O3S2. The number of fused-ring (bicyclic) bond motifs is 1. The Bertz CT molecular complexity index is 948. The highest BCUT2D eigenvalue weighted by atomic mass is 32.2. The number of nitrogens with zero attached hydrogens (tertiary/aromatic N) is 1. The molecule has 0 aliphatic rings. The molecule has 25 heavy (non-hydrogen) atoms. The van der Waals surface area contributed by atoms with E-state index in [1.807, 2.05) is 37.3 Å². The number of esters is 1. The Morgan fingerprint density at radius 2 is 2.08 bits per heavy atom. The van der Waals surface area contributed by atoms with Gasteiger partial charge in [0.1, 0.15) is 4.83 Å². The average Bonchev–Trinajstić information content (AvgIpc) is 2.95. The van der Waals surface area contributed by atoms with Gasteiger partial charge in [0.05, 0.1) is 12.5 Å². The summed E-state index contributed by atoms with van der Waals surface area (Å²) in [6.07, 6.45) is 1.05. The van der Waals surface area contributed by atoms with Crippen LogP contribution in [0.25, 0.3) is 21.3 Å². The lowest BCUT2D eigenvalue weighted by atomic mass is 10.0. The van der Waals surface area contributed by atoms with E-state index in [-0.39, 0.29) is 11.5 Å². The number of hydrogen-bond acceptors (Lipinski definition) is 6. The predicted octanol–water partition coefficient (Wildman–Crippen LogP) is 4.01. The largest absolute Gasteiger partial charge is 0.469 e. The standard InChI is InChI=1S/C18H18N2O3S2/c1-11-14(12-7-4-3-5-8-12)15-16(22)19-18(20-17(15)25-11)24-10-6-9-13(21)23-2/h3-5,7-8H,6,9-10H2,1-2H3,(H,19,20,22). The maximum atomic E-state index is 12.6. The lowest BCUT2D eigenvalue weighted by molar-refractivity contribution is -0.140. The van der Waals surface area contributed by atoms with Gasteiger partial charge in [0.25, 0.3) is 5.56 Å². The second kappa shape index (κ2) is 7.84. The summed E-state index contributed by atoms with van der Waals surface area (Å²) in [6.45, 7) is 2.01. The minimum atomic E-state index is -0.223. The number of aromatic nitrogens is 2. The maximum Gasteiger partial charge on any atom is 0.305 e. The summed E-state index contributed by atoms with van der Waals surface area (Å²) in [5.41, 5.74) is 1.86. The topological polar surface area (TPSA) is 72.0 Å². The lowest BCUT2D eigenvalue weighted by Gasteiger charge is -2.03. The molecule has 0 fully saturated rings. The zero-order chi connectivity index (χ0) is 17.8. The van der Waals surface area contributed by atoms with Gasteiger partial charge in [-0.25, -0.2) is 4.98 Å². The molecule has 0 aliphatic carbocycles. The van der Waals surface area contributed by atoms with E-state index in [0.29, 0.717) is 29.1 Å². The molecule has 2 aromatic heterocycles. The highest BCUT2D eigenvalue weighted by molar-refractivity contribution is 7.99. The monoisotopic (exact) mass is 374 g/mol. The summed E-state index contributed by atoms with van der Waals surface area (Å²) in [6, 6.07) is 9.89. The van der Waals surface area contributed by atoms with Crippen LogP contribution in [-0.2, 0) is 9.53 Å². The highest BCUT2D eigenvalue weighted by Gasteiger charge is 2.16. The van der Waals surface area contributed by atoms with Gasteiger partial charge in [0.15, 0.2) is 5.16 Å². The lowest BCUT2D eigenvalue weighted by Crippen LogP contribution is -2.09. The van der Waals surface area contributed by atoms with Crippen molar-refractivity contribution in [1.29, 1.82) is 0 Å². The minimum Gasteiger partial charge on any atom is -0.469 e. The van der Waals surface area contributed by atoms with Gasteiger partial charge in [-0.1, -0.05) is 42.1 Å². The molecule has 2 heterocycles. The molecule has 0 bridgehead atoms. The Labute approximate surface area is 153 Å². The van der Waals surface area contributed by atoms with Crippen molar-refractivity contribution in [3.8, 4) is 11.1 Å². The number of ether oxygens (including phenoxy) is 1. The van der Waals surface area contributed by atoms with Gasteiger partial charge in [0, 0.05) is 22.6 Å². The number of methoxy groups -OCH3 is 1. The molecule has 3 rings (SSSR count). The van der Waals surface area contributed by atoms with E-state index in [4.69, 9.17) is 0 Å². The third-order valence-electron chi connectivity index (χ3n) is 3.77. The van der Waals surface area contributed by atoms with Gasteiger partial charge in [-0.2, -0.15) is 0 Å². The molecule has 0 radical (unpaired) electrons. The Hall–Kier alpha value is -2.12. The normalized spacial score (nSPS) is 11.0. The number of thiophene rings is 1. The zero-order valence-electron chi connectivity index (χ0n) is 14.0. The quantitative estimate of drug-likeness (QED) is 0.305. The third-order valence-corrected chi connectivity index (χ3v) is 5.73. The van der Waals surface area contributed by atoms with Crippen LogP contribution in [-0.4, -0.2) is 28.8 Å². The van der Waals surface area contributed by atoms with E-state index < -0.39 is 0 Å². The van der Waals surface area contributed by atoms with Crippen molar-refractivity contribution >= 4 is 39.3 Å². The van der Waals surface area contributed by atoms with Crippen LogP contribution in [0.2, 0.25) is 0 Å². The fourth-order valence-electron chi connectivity index (χ4n) is 2.61. The van der Waals surface area contributed by atoms with Crippen molar-refractivity contribution in [1.82, 2.24) is 9.97 Å². The first kappa shape index (κ1) is 17.7. The van der Waals surface area contributed by atoms with Crippen LogP contribution in [0.5, 0.6) is 0 Å². The molecule has 5 nitrogen and oxygen atoms in total. The summed E-state index contributed by atoms with van der Waals surface area (Å²) in [7, 11) is 1.38. The molecule has 1 aromatic carbocycles. The Morgan fingerprint density at radius 1 is 1.32 bits per heavy atom. The van der Waals surface area contributed by atoms with Crippen molar-refractivity contribution in [3.63, 3.8) is 0 Å². The summed E-state index contributed by atoms with van der Waals surface area (Å²) < 4.78 is 4.62. The number of thioether (sulfide) groups is 1. The molecule has 1 N–H and O–H groups in total. The molecule has 0 aliphatic heterocycles. The van der Waals surface area contributed by atoms with Crippen LogP contribution in [0.4, 0.5) is 0 Å². The second-order valence-electron chi connectivity index (χ2n) is 5.48. The number of aromatic amines is 1. The molecule has 0 saturated heterocycles. The smallest absolute Gasteiger partial charge is 0.305 e. The Morgan fingerprint density at radius 3 is 2.80 bits per heavy atom. The summed E-state index contributed by atoms with van der Waals surface area (Å²) in [5, 5.41) is 1.23. The van der Waals surface area contributed by atoms with Crippen LogP contribution in [0, 0.1) is 6.92 Å². The van der Waals surface area contributed by atoms with E-state index in [9.17, 15) is 9.59 Å². The molecule has 0 amide bonds. The van der Waals surface area contributed by atoms with Gasteiger partial charge in [0.2, 0.25) is 0 Å². The van der Waals surface area contributed by atoms with Crippen LogP contribution < -0.4 is 5.56 Å². The van der Waals surface area contributed by atoms with Crippen LogP contribution in [0.1, 0.15) is 17.7 Å². The third kappa shape index (κ3) is 3.93. The molecule has 7 heteroatoms. The van der Waals surface area contributed by atoms with E-state index in [1.165, 1.54) is 30.2 Å². The van der Waals surface area contributed by atoms with Crippen LogP contribution >= 0.6 is 23.1 Å². The van der Waals surface area contributed by atoms with Crippen molar-refractivity contribution in [2.24, 2.45) is 0 Å². The van der Waals surface area contributed by atoms with Gasteiger partial charge in [-0.3, -0.25) is 9.59 Å². The molecular weight excluding hydrogens is 356 g/mol. The van der Waals surface area contributed by atoms with Crippen LogP contribution in [0.3, 0.4) is 0 Å². The first-order valence-electron chi connectivity index (χ1n) is 7.88. The van der Waals surface area contributed by atoms with E-state index >= 15 is 0 Å². The van der Waals surface area contributed by atoms with E-state index in [2.05, 4.69) is 14.7 Å². The van der Waals surface area contributed by atoms with Gasteiger partial charge in [-0.15, -0.1) is 11.3 Å². The van der Waals surface area contributed by atoms with Crippen molar-refractivity contribution in [2.45, 2.75) is 24.9 Å². The maximum absolute atomic E-state index is 12.6. The molecule has 0 unspecified atom stereocenters. The van der Waals surface area contributed by atoms with Gasteiger partial charge < -0.3 is 9.72 Å².